The number of benzene rings is 4. The Balaban J connectivity index is 1.13. The maximum atomic E-state index is 14.8. The van der Waals surface area contributed by atoms with Crippen LogP contribution in [0.4, 0.5) is 14.6 Å². The summed E-state index contributed by atoms with van der Waals surface area (Å²) in [4.78, 5) is 20.3. The Morgan fingerprint density at radius 3 is 2.17 bits per heavy atom. The normalized spacial score (nSPS) is 15.1. The van der Waals surface area contributed by atoms with Crippen molar-refractivity contribution in [2.24, 2.45) is 0 Å². The van der Waals surface area contributed by atoms with Gasteiger partial charge in [-0.25, -0.2) is 18.6 Å². The highest BCUT2D eigenvalue weighted by molar-refractivity contribution is 5.80. The van der Waals surface area contributed by atoms with E-state index in [2.05, 4.69) is 11.8 Å². The number of aliphatic carboxylic acids is 1. The first-order valence-electron chi connectivity index (χ1n) is 21.5. The molecule has 1 saturated heterocycles. The first-order valence-corrected chi connectivity index (χ1v) is 21.5. The van der Waals surface area contributed by atoms with E-state index in [4.69, 9.17) is 28.7 Å². The smallest absolute Gasteiger partial charge is 0.337 e. The van der Waals surface area contributed by atoms with Gasteiger partial charge in [-0.05, 0) is 94.8 Å². The minimum atomic E-state index is -1.26. The molecule has 3 heterocycles. The fourth-order valence-corrected chi connectivity index (χ4v) is 7.86. The summed E-state index contributed by atoms with van der Waals surface area (Å²) in [6, 6.07) is 31.1. The lowest BCUT2D eigenvalue weighted by atomic mass is 9.92. The molecule has 332 valence electrons. The number of carboxylic acid groups (broad SMARTS) is 1. The second kappa shape index (κ2) is 19.8. The number of pyridine rings is 1. The summed E-state index contributed by atoms with van der Waals surface area (Å²) in [6.07, 6.45) is 1.94. The zero-order chi connectivity index (χ0) is 44.7. The van der Waals surface area contributed by atoms with Crippen molar-refractivity contribution >= 4 is 17.4 Å². The number of rotatable bonds is 18. The standard InChI is InChI=1S/C51H57F2N3O7/c1-34-26-45-54-43(39-19-13-18-38(27-39)40-28-41(52)42(53)29-44(40)61-33-37-16-11-8-12-17-37)30-56(45)48(46(34)47(49(57)58)63-50(3,4)5)55-22-20-51(6,21-23-55)62-25-24-59-31-35(2)60-32-36-14-9-7-10-15-36/h7-19,26-30,35,47H,20-25,31-33H2,1-6H3,(H,57,58). The van der Waals surface area contributed by atoms with Gasteiger partial charge in [0.05, 0.1) is 49.4 Å². The van der Waals surface area contributed by atoms with Gasteiger partial charge in [-0.1, -0.05) is 78.9 Å². The molecule has 0 saturated carbocycles. The van der Waals surface area contributed by atoms with Gasteiger partial charge >= 0.3 is 5.97 Å². The molecule has 6 aromatic rings. The van der Waals surface area contributed by atoms with Crippen molar-refractivity contribution in [2.45, 2.75) is 91.0 Å². The molecular formula is C51H57F2N3O7. The number of fused-ring (bicyclic) bond motifs is 1. The van der Waals surface area contributed by atoms with Crippen LogP contribution < -0.4 is 9.64 Å². The van der Waals surface area contributed by atoms with Crippen LogP contribution in [0, 0.1) is 18.6 Å². The Morgan fingerprint density at radius 1 is 0.857 bits per heavy atom. The third kappa shape index (κ3) is 11.5. The van der Waals surface area contributed by atoms with Crippen LogP contribution in [0.2, 0.25) is 0 Å². The summed E-state index contributed by atoms with van der Waals surface area (Å²) < 4.78 is 62.0. The minimum Gasteiger partial charge on any atom is -0.488 e. The maximum absolute atomic E-state index is 14.8. The maximum Gasteiger partial charge on any atom is 0.337 e. The Labute approximate surface area is 368 Å². The van der Waals surface area contributed by atoms with E-state index in [9.17, 15) is 18.7 Å². The lowest BCUT2D eigenvalue weighted by Crippen LogP contribution is -2.46. The molecule has 2 aromatic heterocycles. The van der Waals surface area contributed by atoms with Crippen molar-refractivity contribution < 1.29 is 42.4 Å². The van der Waals surface area contributed by atoms with Crippen LogP contribution in [0.15, 0.2) is 109 Å². The summed E-state index contributed by atoms with van der Waals surface area (Å²) >= 11 is 0. The van der Waals surface area contributed by atoms with Crippen LogP contribution in [0.5, 0.6) is 5.75 Å². The SMILES string of the molecule is Cc1cc2nc(-c3cccc(-c4cc(F)c(F)cc4OCc4ccccc4)c3)cn2c(N2CCC(C)(OCCOCC(C)OCc3ccccc3)CC2)c1C(OC(C)(C)C)C(=O)O. The second-order valence-electron chi connectivity index (χ2n) is 17.5. The summed E-state index contributed by atoms with van der Waals surface area (Å²) in [5.74, 6) is -2.19. The van der Waals surface area contributed by atoms with Gasteiger partial charge in [-0.3, -0.25) is 4.40 Å². The van der Waals surface area contributed by atoms with Gasteiger partial charge in [0.15, 0.2) is 17.7 Å². The third-order valence-electron chi connectivity index (χ3n) is 11.2. The number of anilines is 1. The molecule has 0 aliphatic carbocycles. The van der Waals surface area contributed by atoms with Crippen molar-refractivity contribution in [3.8, 4) is 28.1 Å². The number of aryl methyl sites for hydroxylation is 1. The summed E-state index contributed by atoms with van der Waals surface area (Å²) in [5, 5.41) is 10.7. The highest BCUT2D eigenvalue weighted by Gasteiger charge is 2.37. The lowest BCUT2D eigenvalue weighted by molar-refractivity contribution is -0.160. The van der Waals surface area contributed by atoms with Gasteiger partial charge in [0, 0.05) is 42.0 Å². The summed E-state index contributed by atoms with van der Waals surface area (Å²) in [7, 11) is 0. The molecule has 1 fully saturated rings. The topological polar surface area (TPSA) is 104 Å². The van der Waals surface area contributed by atoms with E-state index in [1.165, 1.54) is 0 Å². The van der Waals surface area contributed by atoms with Gasteiger partial charge in [-0.15, -0.1) is 0 Å². The van der Waals surface area contributed by atoms with E-state index in [1.54, 1.807) is 0 Å². The first-order chi connectivity index (χ1) is 30.2. The molecular weight excluding hydrogens is 805 g/mol. The van der Waals surface area contributed by atoms with Crippen molar-refractivity contribution in [3.05, 3.63) is 143 Å². The number of carboxylic acids is 1. The van der Waals surface area contributed by atoms with Crippen molar-refractivity contribution in [1.82, 2.24) is 9.38 Å². The molecule has 10 nitrogen and oxygen atoms in total. The number of nitrogens with zero attached hydrogens (tertiary/aromatic N) is 3. The molecule has 1 N–H and O–H groups in total. The first kappa shape index (κ1) is 45.4. The number of imidazole rings is 1. The molecule has 0 bridgehead atoms. The predicted molar refractivity (Wildman–Crippen MR) is 240 cm³/mol. The highest BCUT2D eigenvalue weighted by Crippen LogP contribution is 2.40. The quantitative estimate of drug-likeness (QED) is 0.0846. The monoisotopic (exact) mass is 861 g/mol. The van der Waals surface area contributed by atoms with Gasteiger partial charge in [0.25, 0.3) is 0 Å². The summed E-state index contributed by atoms with van der Waals surface area (Å²) in [5.41, 5.74) is 5.06. The largest absolute Gasteiger partial charge is 0.488 e. The lowest BCUT2D eigenvalue weighted by Gasteiger charge is -2.41. The van der Waals surface area contributed by atoms with E-state index in [0.717, 1.165) is 34.4 Å². The average molecular weight is 862 g/mol. The molecule has 2 atom stereocenters. The number of hydrogen-bond donors (Lipinski definition) is 1. The zero-order valence-corrected chi connectivity index (χ0v) is 36.9. The molecule has 63 heavy (non-hydrogen) atoms. The second-order valence-corrected chi connectivity index (χ2v) is 17.5. The molecule has 1 aliphatic rings. The fourth-order valence-electron chi connectivity index (χ4n) is 7.86. The van der Waals surface area contributed by atoms with Gasteiger partial charge in [-0.2, -0.15) is 0 Å². The number of ether oxygens (including phenoxy) is 5. The van der Waals surface area contributed by atoms with E-state index >= 15 is 0 Å². The number of piperidine rings is 1. The molecule has 0 amide bonds. The van der Waals surface area contributed by atoms with Gasteiger partial charge < -0.3 is 33.7 Å². The highest BCUT2D eigenvalue weighted by atomic mass is 19.2. The molecule has 2 unspecified atom stereocenters. The molecule has 0 spiro atoms. The van der Waals surface area contributed by atoms with E-state index in [0.29, 0.717) is 86.2 Å². The molecule has 1 aliphatic heterocycles. The van der Waals surface area contributed by atoms with Crippen LogP contribution in [-0.4, -0.2) is 70.7 Å². The van der Waals surface area contributed by atoms with Crippen molar-refractivity contribution in [2.75, 3.05) is 37.8 Å². The Bertz CT molecular complexity index is 2480. The third-order valence-corrected chi connectivity index (χ3v) is 11.2. The number of carbonyl (C=O) groups is 1. The Kier molecular flexibility index (Phi) is 14.3. The van der Waals surface area contributed by atoms with Crippen LogP contribution in [-0.2, 0) is 37.0 Å². The van der Waals surface area contributed by atoms with Gasteiger partial charge in [0.1, 0.15) is 23.8 Å². The van der Waals surface area contributed by atoms with Crippen LogP contribution in [0.1, 0.15) is 75.8 Å². The van der Waals surface area contributed by atoms with Crippen molar-refractivity contribution in [3.63, 3.8) is 0 Å². The number of aromatic nitrogens is 2. The summed E-state index contributed by atoms with van der Waals surface area (Å²) in [6.45, 7) is 14.7. The van der Waals surface area contributed by atoms with E-state index in [-0.39, 0.29) is 18.5 Å². The van der Waals surface area contributed by atoms with Crippen LogP contribution >= 0.6 is 0 Å². The molecule has 0 radical (unpaired) electrons. The Hall–Kier alpha value is -5.66. The molecule has 4 aromatic carbocycles. The van der Waals surface area contributed by atoms with E-state index < -0.39 is 34.9 Å². The molecule has 7 rings (SSSR count). The van der Waals surface area contributed by atoms with E-state index in [1.807, 2.05) is 136 Å². The van der Waals surface area contributed by atoms with Gasteiger partial charge in [0.2, 0.25) is 0 Å². The Morgan fingerprint density at radius 2 is 1.51 bits per heavy atom. The van der Waals surface area contributed by atoms with Crippen molar-refractivity contribution in [1.29, 1.82) is 0 Å². The fraction of sp³-hybridized carbons (Fsp3) is 0.373. The molecule has 12 heteroatoms. The average Bonchev–Trinajstić information content (AvgIpc) is 3.69. The number of hydrogen-bond acceptors (Lipinski definition) is 8. The van der Waals surface area contributed by atoms with Crippen LogP contribution in [0.3, 0.4) is 0 Å². The minimum absolute atomic E-state index is 0.0640. The zero-order valence-electron chi connectivity index (χ0n) is 36.9. The predicted octanol–water partition coefficient (Wildman–Crippen LogP) is 10.8. The van der Waals surface area contributed by atoms with Crippen LogP contribution in [0.25, 0.3) is 28.0 Å². The number of halogens is 2.